The Bertz CT molecular complexity index is 1610. The van der Waals surface area contributed by atoms with Crippen LogP contribution in [0.2, 0.25) is 10.0 Å². The van der Waals surface area contributed by atoms with Crippen molar-refractivity contribution >= 4 is 52.4 Å². The summed E-state index contributed by atoms with van der Waals surface area (Å²) in [4.78, 5) is 40.7. The smallest absolute Gasteiger partial charge is 0.311 e. The average Bonchev–Trinajstić information content (AvgIpc) is 3.02. The van der Waals surface area contributed by atoms with Crippen molar-refractivity contribution in [1.82, 2.24) is 0 Å². The number of carboxylic acid groups (broad SMARTS) is 1. The maximum absolute atomic E-state index is 13.7. The van der Waals surface area contributed by atoms with E-state index in [1.54, 1.807) is 77.7 Å². The molecule has 44 heavy (non-hydrogen) atoms. The predicted octanol–water partition coefficient (Wildman–Crippen LogP) is 8.36. The summed E-state index contributed by atoms with van der Waals surface area (Å²) in [6.45, 7) is 4.57. The lowest BCUT2D eigenvalue weighted by molar-refractivity contribution is -0.138. The molecule has 4 aromatic rings. The molecule has 2 amide bonds. The first-order valence-electron chi connectivity index (χ1n) is 14.2. The number of nitrogens with zero attached hydrogens (tertiary/aromatic N) is 1. The summed E-state index contributed by atoms with van der Waals surface area (Å²) in [6, 6.07) is 25.9. The highest BCUT2D eigenvalue weighted by Crippen LogP contribution is 2.35. The topological polar surface area (TPSA) is 95.9 Å². The van der Waals surface area contributed by atoms with Gasteiger partial charge in [0.1, 0.15) is 5.75 Å². The maximum atomic E-state index is 13.7. The number of hydrogen-bond donors (Lipinski definition) is 2. The zero-order chi connectivity index (χ0) is 31.8. The molecular formula is C35H34Cl2N2O5. The van der Waals surface area contributed by atoms with Crippen LogP contribution >= 0.6 is 23.2 Å². The molecule has 2 atom stereocenters. The number of methoxy groups -OCH3 is 1. The van der Waals surface area contributed by atoms with Gasteiger partial charge in [0.2, 0.25) is 0 Å². The minimum Gasteiger partial charge on any atom is -0.495 e. The molecule has 0 aromatic heterocycles. The quantitative estimate of drug-likeness (QED) is 0.164. The summed E-state index contributed by atoms with van der Waals surface area (Å²) in [5.74, 6) is -1.88. The Morgan fingerprint density at radius 2 is 1.57 bits per heavy atom. The van der Waals surface area contributed by atoms with Crippen LogP contribution in [0.25, 0.3) is 0 Å². The summed E-state index contributed by atoms with van der Waals surface area (Å²) < 4.78 is 5.64. The van der Waals surface area contributed by atoms with E-state index >= 15 is 0 Å². The van der Waals surface area contributed by atoms with Gasteiger partial charge in [0, 0.05) is 17.8 Å². The van der Waals surface area contributed by atoms with E-state index < -0.39 is 17.8 Å². The molecule has 0 radical (unpaired) electrons. The molecule has 9 heteroatoms. The van der Waals surface area contributed by atoms with Gasteiger partial charge in [-0.2, -0.15) is 0 Å². The second-order valence-corrected chi connectivity index (χ2v) is 11.4. The van der Waals surface area contributed by atoms with Gasteiger partial charge in [-0.25, -0.2) is 0 Å². The van der Waals surface area contributed by atoms with Crippen LogP contribution < -0.4 is 15.0 Å². The number of anilines is 2. The van der Waals surface area contributed by atoms with Crippen LogP contribution in [-0.4, -0.2) is 36.5 Å². The molecule has 0 saturated carbocycles. The lowest BCUT2D eigenvalue weighted by Gasteiger charge is -2.28. The Balaban J connectivity index is 1.61. The fourth-order valence-corrected chi connectivity index (χ4v) is 5.39. The third kappa shape index (κ3) is 7.78. The van der Waals surface area contributed by atoms with E-state index in [2.05, 4.69) is 19.2 Å². The van der Waals surface area contributed by atoms with Crippen molar-refractivity contribution in [3.63, 3.8) is 0 Å². The number of carbonyl (C=O) groups is 3. The number of amides is 2. The van der Waals surface area contributed by atoms with Crippen molar-refractivity contribution in [2.45, 2.75) is 32.6 Å². The number of benzene rings is 4. The summed E-state index contributed by atoms with van der Waals surface area (Å²) in [5, 5.41) is 13.5. The SMILES string of the molecule is CCC(C)CN(C(=O)c1ccccc1)c1cc(C(Cc2ccc(NC(=O)c3c(Cl)cccc3Cl)cc2)C(=O)O)ccc1OC. The largest absolute Gasteiger partial charge is 0.495 e. The molecule has 0 aliphatic rings. The van der Waals surface area contributed by atoms with Crippen molar-refractivity contribution in [1.29, 1.82) is 0 Å². The molecule has 0 heterocycles. The van der Waals surface area contributed by atoms with Crippen molar-refractivity contribution in [3.8, 4) is 5.75 Å². The number of hydrogen-bond acceptors (Lipinski definition) is 4. The van der Waals surface area contributed by atoms with Gasteiger partial charge in [0.25, 0.3) is 11.8 Å². The molecule has 2 N–H and O–H groups in total. The number of carbonyl (C=O) groups excluding carboxylic acids is 2. The van der Waals surface area contributed by atoms with Crippen LogP contribution in [-0.2, 0) is 11.2 Å². The van der Waals surface area contributed by atoms with Gasteiger partial charge in [-0.3, -0.25) is 14.4 Å². The van der Waals surface area contributed by atoms with Crippen molar-refractivity contribution in [2.24, 2.45) is 5.92 Å². The molecule has 0 aliphatic heterocycles. The van der Waals surface area contributed by atoms with Crippen LogP contribution in [0.15, 0.2) is 91.0 Å². The Kier molecular flexibility index (Phi) is 11.0. The number of aliphatic carboxylic acids is 1. The molecule has 4 rings (SSSR count). The number of halogens is 2. The van der Waals surface area contributed by atoms with E-state index in [-0.39, 0.29) is 33.9 Å². The van der Waals surface area contributed by atoms with Gasteiger partial charge in [0.15, 0.2) is 0 Å². The Morgan fingerprint density at radius 3 is 2.16 bits per heavy atom. The Morgan fingerprint density at radius 1 is 0.909 bits per heavy atom. The molecule has 0 saturated heterocycles. The maximum Gasteiger partial charge on any atom is 0.311 e. The van der Waals surface area contributed by atoms with Crippen molar-refractivity contribution in [3.05, 3.63) is 123 Å². The van der Waals surface area contributed by atoms with E-state index in [0.29, 0.717) is 34.8 Å². The van der Waals surface area contributed by atoms with Gasteiger partial charge in [0.05, 0.1) is 34.3 Å². The van der Waals surface area contributed by atoms with E-state index in [1.807, 2.05) is 18.2 Å². The van der Waals surface area contributed by atoms with Crippen LogP contribution in [0.3, 0.4) is 0 Å². The number of rotatable bonds is 12. The highest BCUT2D eigenvalue weighted by molar-refractivity contribution is 6.40. The zero-order valence-electron chi connectivity index (χ0n) is 24.7. The predicted molar refractivity (Wildman–Crippen MR) is 176 cm³/mol. The first-order valence-corrected chi connectivity index (χ1v) is 15.0. The molecule has 2 unspecified atom stereocenters. The van der Waals surface area contributed by atoms with E-state index in [9.17, 15) is 19.5 Å². The molecule has 7 nitrogen and oxygen atoms in total. The summed E-state index contributed by atoms with van der Waals surface area (Å²) in [5.41, 5.74) is 3.01. The molecule has 0 fully saturated rings. The fraction of sp³-hybridized carbons (Fsp3) is 0.229. The van der Waals surface area contributed by atoms with Gasteiger partial charge in [-0.1, -0.05) is 85.9 Å². The van der Waals surface area contributed by atoms with Crippen molar-refractivity contribution < 1.29 is 24.2 Å². The Hall–Kier alpha value is -4.33. The van der Waals surface area contributed by atoms with Crippen molar-refractivity contribution in [2.75, 3.05) is 23.9 Å². The lowest BCUT2D eigenvalue weighted by atomic mass is 9.91. The number of carboxylic acids is 1. The highest BCUT2D eigenvalue weighted by Gasteiger charge is 2.27. The van der Waals surface area contributed by atoms with Gasteiger partial charge in [-0.05, 0) is 72.0 Å². The summed E-state index contributed by atoms with van der Waals surface area (Å²) in [7, 11) is 1.53. The molecule has 0 bridgehead atoms. The molecule has 228 valence electrons. The van der Waals surface area contributed by atoms with Crippen LogP contribution in [0.4, 0.5) is 11.4 Å². The minimum absolute atomic E-state index is 0.175. The van der Waals surface area contributed by atoms with E-state index in [4.69, 9.17) is 27.9 Å². The normalized spacial score (nSPS) is 12.2. The summed E-state index contributed by atoms with van der Waals surface area (Å²) >= 11 is 12.3. The van der Waals surface area contributed by atoms with Crippen LogP contribution in [0.5, 0.6) is 5.75 Å². The highest BCUT2D eigenvalue weighted by atomic mass is 35.5. The third-order valence-corrected chi connectivity index (χ3v) is 8.12. The second-order valence-electron chi connectivity index (χ2n) is 10.6. The second kappa shape index (κ2) is 14.9. The number of nitrogens with one attached hydrogen (secondary N) is 1. The lowest BCUT2D eigenvalue weighted by Crippen LogP contribution is -2.35. The molecule has 0 aliphatic carbocycles. The molecular weight excluding hydrogens is 599 g/mol. The first kappa shape index (κ1) is 32.6. The van der Waals surface area contributed by atoms with E-state index in [0.717, 1.165) is 12.0 Å². The van der Waals surface area contributed by atoms with E-state index in [1.165, 1.54) is 7.11 Å². The van der Waals surface area contributed by atoms with Crippen LogP contribution in [0, 0.1) is 5.92 Å². The van der Waals surface area contributed by atoms with Gasteiger partial charge in [-0.15, -0.1) is 0 Å². The minimum atomic E-state index is -1.00. The van der Waals surface area contributed by atoms with Gasteiger partial charge >= 0.3 is 5.97 Å². The molecule has 4 aromatic carbocycles. The van der Waals surface area contributed by atoms with Gasteiger partial charge < -0.3 is 20.1 Å². The summed E-state index contributed by atoms with van der Waals surface area (Å²) in [6.07, 6.45) is 1.05. The zero-order valence-corrected chi connectivity index (χ0v) is 26.2. The standard InChI is InChI=1S/C35H34Cl2N2O5/c1-4-22(2)21-39(34(41)24-9-6-5-7-10-24)30-20-25(15-18-31(30)44-3)27(35(42)43)19-23-13-16-26(17-14-23)38-33(40)32-28(36)11-8-12-29(32)37/h5-18,20,22,27H,4,19,21H2,1-3H3,(H,38,40)(H,42,43). The first-order chi connectivity index (χ1) is 21.1. The Labute approximate surface area is 267 Å². The third-order valence-electron chi connectivity index (χ3n) is 7.49. The fourth-order valence-electron chi connectivity index (χ4n) is 4.82. The monoisotopic (exact) mass is 632 g/mol. The van der Waals surface area contributed by atoms with Crippen LogP contribution in [0.1, 0.15) is 58.0 Å². The molecule has 0 spiro atoms. The number of ether oxygens (including phenoxy) is 1. The average molecular weight is 634 g/mol.